The highest BCUT2D eigenvalue weighted by Gasteiger charge is 2.21. The molecule has 5 heteroatoms. The Bertz CT molecular complexity index is 494. The molecule has 1 aromatic heterocycles. The summed E-state index contributed by atoms with van der Waals surface area (Å²) in [4.78, 5) is 12.0. The van der Waals surface area contributed by atoms with Gasteiger partial charge in [0.15, 0.2) is 0 Å². The second-order valence-electron chi connectivity index (χ2n) is 3.89. The van der Waals surface area contributed by atoms with Crippen LogP contribution in [0.2, 0.25) is 0 Å². The third-order valence-corrected chi connectivity index (χ3v) is 2.04. The molecule has 0 aliphatic rings. The van der Waals surface area contributed by atoms with Gasteiger partial charge in [-0.25, -0.2) is 9.97 Å². The van der Waals surface area contributed by atoms with Gasteiger partial charge in [0, 0.05) is 18.6 Å². The summed E-state index contributed by atoms with van der Waals surface area (Å²) in [6.07, 6.45) is 8.97. The number of aromatic nitrogens is 3. The minimum atomic E-state index is -0.746. The van der Waals surface area contributed by atoms with Crippen LogP contribution >= 0.6 is 0 Å². The Kier molecular flexibility index (Phi) is 5.26. The van der Waals surface area contributed by atoms with Crippen molar-refractivity contribution in [2.75, 3.05) is 0 Å². The zero-order valence-electron chi connectivity index (χ0n) is 10.3. The molecule has 0 aromatic carbocycles. The maximum atomic E-state index is 9.07. The van der Waals surface area contributed by atoms with Gasteiger partial charge < -0.3 is 4.42 Å². The third-order valence-electron chi connectivity index (χ3n) is 2.04. The van der Waals surface area contributed by atoms with Crippen LogP contribution < -0.4 is 0 Å². The number of hydrogen-bond donors (Lipinski definition) is 0. The van der Waals surface area contributed by atoms with Crippen molar-refractivity contribution in [2.45, 2.75) is 19.3 Å². The SMILES string of the molecule is CC(C)(C#N)c1cocccncccncn1. The maximum absolute atomic E-state index is 9.07. The molecule has 0 aliphatic heterocycles. The van der Waals surface area contributed by atoms with Crippen LogP contribution in [-0.4, -0.2) is 15.0 Å². The number of nitriles is 1. The molecule has 18 heavy (non-hydrogen) atoms. The molecule has 0 N–H and O–H groups in total. The van der Waals surface area contributed by atoms with Crippen LogP contribution in [0.1, 0.15) is 19.5 Å². The number of nitrogens with zero attached hydrogens (tertiary/aromatic N) is 4. The summed E-state index contributed by atoms with van der Waals surface area (Å²) < 4.78 is 5.17. The Labute approximate surface area is 106 Å². The van der Waals surface area contributed by atoms with E-state index in [4.69, 9.17) is 9.68 Å². The first-order valence-electron chi connectivity index (χ1n) is 5.33. The van der Waals surface area contributed by atoms with Crippen molar-refractivity contribution in [3.05, 3.63) is 55.3 Å². The first-order valence-corrected chi connectivity index (χ1v) is 5.33. The molecule has 0 fully saturated rings. The van der Waals surface area contributed by atoms with E-state index in [0.717, 1.165) is 0 Å². The van der Waals surface area contributed by atoms with Crippen molar-refractivity contribution in [3.8, 4) is 6.07 Å². The topological polar surface area (TPSA) is 75.6 Å². The fourth-order valence-electron chi connectivity index (χ4n) is 0.952. The third kappa shape index (κ3) is 4.58. The van der Waals surface area contributed by atoms with Crippen molar-refractivity contribution in [2.24, 2.45) is 0 Å². The van der Waals surface area contributed by atoms with E-state index in [1.807, 2.05) is 0 Å². The molecule has 1 rings (SSSR count). The molecule has 0 saturated carbocycles. The van der Waals surface area contributed by atoms with Gasteiger partial charge in [0.25, 0.3) is 0 Å². The zero-order valence-corrected chi connectivity index (χ0v) is 10.3. The van der Waals surface area contributed by atoms with Crippen molar-refractivity contribution < 1.29 is 4.42 Å². The lowest BCUT2D eigenvalue weighted by Gasteiger charge is -2.10. The van der Waals surface area contributed by atoms with E-state index < -0.39 is 5.41 Å². The summed E-state index contributed by atoms with van der Waals surface area (Å²) >= 11 is 0. The van der Waals surface area contributed by atoms with E-state index in [1.165, 1.54) is 18.9 Å². The summed E-state index contributed by atoms with van der Waals surface area (Å²) in [7, 11) is 0. The Morgan fingerprint density at radius 1 is 1.17 bits per heavy atom. The highest BCUT2D eigenvalue weighted by Crippen LogP contribution is 2.17. The molecule has 0 amide bonds. The predicted octanol–water partition coefficient (Wildman–Crippen LogP) is 2.51. The summed E-state index contributed by atoms with van der Waals surface area (Å²) in [5.74, 6) is 0. The highest BCUT2D eigenvalue weighted by molar-refractivity contribution is 5.18. The van der Waals surface area contributed by atoms with Gasteiger partial charge in [0.2, 0.25) is 0 Å². The van der Waals surface area contributed by atoms with Crippen LogP contribution in [0, 0.1) is 11.3 Å². The van der Waals surface area contributed by atoms with Gasteiger partial charge in [-0.1, -0.05) is 0 Å². The Hall–Kier alpha value is -2.48. The summed E-state index contributed by atoms with van der Waals surface area (Å²) in [6, 6.07) is 5.47. The van der Waals surface area contributed by atoms with Crippen LogP contribution in [-0.2, 0) is 5.41 Å². The second kappa shape index (κ2) is 6.97. The van der Waals surface area contributed by atoms with Crippen LogP contribution in [0.5, 0.6) is 0 Å². The second-order valence-corrected chi connectivity index (χ2v) is 3.89. The van der Waals surface area contributed by atoms with Gasteiger partial charge in [-0.3, -0.25) is 4.98 Å². The van der Waals surface area contributed by atoms with Crippen LogP contribution in [0.4, 0.5) is 0 Å². The molecule has 0 atom stereocenters. The lowest BCUT2D eigenvalue weighted by atomic mass is 9.92. The van der Waals surface area contributed by atoms with E-state index in [1.54, 1.807) is 44.6 Å². The molecule has 0 aliphatic carbocycles. The predicted molar refractivity (Wildman–Crippen MR) is 66.0 cm³/mol. The monoisotopic (exact) mass is 242 g/mol. The van der Waals surface area contributed by atoms with Crippen molar-refractivity contribution in [3.63, 3.8) is 0 Å². The minimum absolute atomic E-state index is 0.493. The van der Waals surface area contributed by atoms with Gasteiger partial charge in [-0.05, 0) is 26.0 Å². The first-order chi connectivity index (χ1) is 8.67. The van der Waals surface area contributed by atoms with Crippen molar-refractivity contribution in [1.29, 1.82) is 5.26 Å². The minimum Gasteiger partial charge on any atom is -0.471 e. The quantitative estimate of drug-likeness (QED) is 0.756. The standard InChI is InChI=1S/C13H14N4O/c1-13(2,10-14)12-9-18-8-4-7-15-5-3-6-16-11-17-12/h3-9,11H,1-2H3. The fourth-order valence-corrected chi connectivity index (χ4v) is 0.952. The molecular weight excluding hydrogens is 228 g/mol. The van der Waals surface area contributed by atoms with Crippen LogP contribution in [0.25, 0.3) is 0 Å². The van der Waals surface area contributed by atoms with Crippen molar-refractivity contribution in [1.82, 2.24) is 15.0 Å². The van der Waals surface area contributed by atoms with Gasteiger partial charge in [-0.15, -0.1) is 0 Å². The van der Waals surface area contributed by atoms with E-state index in [-0.39, 0.29) is 0 Å². The molecule has 0 bridgehead atoms. The van der Waals surface area contributed by atoms with E-state index in [9.17, 15) is 0 Å². The molecule has 5 nitrogen and oxygen atoms in total. The Balaban J connectivity index is 3.35. The van der Waals surface area contributed by atoms with E-state index in [2.05, 4.69) is 21.0 Å². The summed E-state index contributed by atoms with van der Waals surface area (Å²) in [5, 5.41) is 9.07. The molecule has 1 aromatic rings. The smallest absolute Gasteiger partial charge is 0.115 e. The maximum Gasteiger partial charge on any atom is 0.115 e. The zero-order chi connectivity index (χ0) is 13.3. The molecule has 0 unspecified atom stereocenters. The van der Waals surface area contributed by atoms with Crippen LogP contribution in [0.3, 0.4) is 0 Å². The lowest BCUT2D eigenvalue weighted by Crippen LogP contribution is -2.14. The largest absolute Gasteiger partial charge is 0.471 e. The molecule has 1 heterocycles. The van der Waals surface area contributed by atoms with Gasteiger partial charge in [0.05, 0.1) is 23.4 Å². The molecule has 0 spiro atoms. The summed E-state index contributed by atoms with van der Waals surface area (Å²) in [5.41, 5.74) is -0.254. The van der Waals surface area contributed by atoms with Gasteiger partial charge >= 0.3 is 0 Å². The molecule has 0 saturated heterocycles. The van der Waals surface area contributed by atoms with E-state index >= 15 is 0 Å². The Morgan fingerprint density at radius 2 is 1.89 bits per heavy atom. The Morgan fingerprint density at radius 3 is 2.67 bits per heavy atom. The average Bonchev–Trinajstić information content (AvgIpc) is 2.39. The number of rotatable bonds is 1. The lowest BCUT2D eigenvalue weighted by molar-refractivity contribution is 0.523. The summed E-state index contributed by atoms with van der Waals surface area (Å²) in [6.45, 7) is 3.51. The highest BCUT2D eigenvalue weighted by atomic mass is 16.3. The van der Waals surface area contributed by atoms with Crippen molar-refractivity contribution >= 4 is 0 Å². The van der Waals surface area contributed by atoms with Crippen LogP contribution in [0.15, 0.2) is 54.0 Å². The molecular formula is C13H14N4O. The van der Waals surface area contributed by atoms with E-state index in [0.29, 0.717) is 5.69 Å². The molecule has 0 radical (unpaired) electrons. The van der Waals surface area contributed by atoms with Gasteiger partial charge in [-0.2, -0.15) is 5.26 Å². The van der Waals surface area contributed by atoms with Gasteiger partial charge in [0.1, 0.15) is 12.6 Å². The molecule has 92 valence electrons. The fraction of sp³-hybridized carbons (Fsp3) is 0.231. The average molecular weight is 242 g/mol. The first kappa shape index (κ1) is 13.6. The number of hydrogen-bond acceptors (Lipinski definition) is 5. The normalized spacial score (nSPS) is 9.61.